The van der Waals surface area contributed by atoms with Crippen LogP contribution in [0.25, 0.3) is 0 Å². The molecule has 15 heavy (non-hydrogen) atoms. The lowest BCUT2D eigenvalue weighted by Crippen LogP contribution is -2.29. The van der Waals surface area contributed by atoms with E-state index >= 15 is 0 Å². The summed E-state index contributed by atoms with van der Waals surface area (Å²) in [5.74, 6) is 0.203. The Kier molecular flexibility index (Phi) is 4.11. The van der Waals surface area contributed by atoms with Crippen molar-refractivity contribution in [3.05, 3.63) is 22.7 Å². The molecule has 0 fully saturated rings. The Hall–Kier alpha value is -1.07. The van der Waals surface area contributed by atoms with E-state index in [0.717, 1.165) is 4.47 Å². The molecule has 1 amide bonds. The first kappa shape index (κ1) is 12.0. The number of ether oxygens (including phenoxy) is 1. The van der Waals surface area contributed by atoms with Gasteiger partial charge in [-0.3, -0.25) is 4.79 Å². The number of halogens is 1. The molecule has 1 aromatic carbocycles. The number of aliphatic hydroxyl groups excluding tert-OH is 1. The van der Waals surface area contributed by atoms with Gasteiger partial charge in [0.25, 0.3) is 5.91 Å². The van der Waals surface area contributed by atoms with Crippen molar-refractivity contribution in [2.24, 2.45) is 0 Å². The molecule has 4 nitrogen and oxygen atoms in total. The Morgan fingerprint density at radius 2 is 2.27 bits per heavy atom. The van der Waals surface area contributed by atoms with Crippen LogP contribution >= 0.6 is 15.9 Å². The fraction of sp³-hybridized carbons (Fsp3) is 0.300. The van der Waals surface area contributed by atoms with Crippen molar-refractivity contribution in [2.75, 3.05) is 25.7 Å². The highest BCUT2D eigenvalue weighted by Gasteiger charge is 2.14. The van der Waals surface area contributed by atoms with Gasteiger partial charge in [-0.25, -0.2) is 0 Å². The number of benzene rings is 1. The maximum absolute atomic E-state index is 11.3. The van der Waals surface area contributed by atoms with Crippen LogP contribution in [-0.4, -0.2) is 31.8 Å². The van der Waals surface area contributed by atoms with Crippen LogP contribution < -0.4 is 9.64 Å². The molecule has 0 bridgehead atoms. The topological polar surface area (TPSA) is 49.8 Å². The second-order valence-electron chi connectivity index (χ2n) is 2.93. The van der Waals surface area contributed by atoms with Gasteiger partial charge in [-0.2, -0.15) is 0 Å². The molecule has 0 radical (unpaired) electrons. The number of nitrogens with zero attached hydrogens (tertiary/aromatic N) is 1. The Balaban J connectivity index is 3.10. The zero-order chi connectivity index (χ0) is 11.4. The summed E-state index contributed by atoms with van der Waals surface area (Å²) in [7, 11) is 3.12. The zero-order valence-electron chi connectivity index (χ0n) is 8.53. The van der Waals surface area contributed by atoms with Crippen molar-refractivity contribution in [3.63, 3.8) is 0 Å². The molecule has 1 aromatic rings. The van der Waals surface area contributed by atoms with Crippen molar-refractivity contribution in [1.29, 1.82) is 0 Å². The molecule has 0 saturated carbocycles. The standard InChI is InChI=1S/C10H12BrNO3/c1-12(10(14)6-13)8-5-7(11)3-4-9(8)15-2/h3-5,13H,6H2,1-2H3. The van der Waals surface area contributed by atoms with E-state index in [0.29, 0.717) is 11.4 Å². The molecule has 0 unspecified atom stereocenters. The minimum absolute atomic E-state index is 0.383. The predicted molar refractivity (Wildman–Crippen MR) is 61.2 cm³/mol. The molecule has 0 aliphatic rings. The number of hydrogen-bond donors (Lipinski definition) is 1. The van der Waals surface area contributed by atoms with Gasteiger partial charge in [-0.1, -0.05) is 15.9 Å². The van der Waals surface area contributed by atoms with Crippen molar-refractivity contribution >= 4 is 27.5 Å². The maximum Gasteiger partial charge on any atom is 0.252 e. The summed E-state index contributed by atoms with van der Waals surface area (Å²) in [6, 6.07) is 5.33. The number of anilines is 1. The van der Waals surface area contributed by atoms with Gasteiger partial charge in [0.15, 0.2) is 0 Å². The smallest absolute Gasteiger partial charge is 0.252 e. The molecule has 1 N–H and O–H groups in total. The van der Waals surface area contributed by atoms with Gasteiger partial charge in [0.2, 0.25) is 0 Å². The molecule has 0 spiro atoms. The lowest BCUT2D eigenvalue weighted by atomic mass is 10.2. The molecule has 5 heteroatoms. The lowest BCUT2D eigenvalue weighted by molar-refractivity contribution is -0.120. The Morgan fingerprint density at radius 3 is 2.80 bits per heavy atom. The van der Waals surface area contributed by atoms with Crippen molar-refractivity contribution in [1.82, 2.24) is 0 Å². The average Bonchev–Trinajstić information content (AvgIpc) is 2.27. The zero-order valence-corrected chi connectivity index (χ0v) is 10.1. The van der Waals surface area contributed by atoms with E-state index in [9.17, 15) is 4.79 Å². The van der Waals surface area contributed by atoms with Gasteiger partial charge >= 0.3 is 0 Å². The normalized spacial score (nSPS) is 9.87. The summed E-state index contributed by atoms with van der Waals surface area (Å²) >= 11 is 3.31. The van der Waals surface area contributed by atoms with E-state index in [1.807, 2.05) is 6.07 Å². The number of rotatable bonds is 3. The highest BCUT2D eigenvalue weighted by atomic mass is 79.9. The van der Waals surface area contributed by atoms with Crippen LogP contribution in [-0.2, 0) is 4.79 Å². The summed E-state index contributed by atoms with van der Waals surface area (Å²) < 4.78 is 5.96. The van der Waals surface area contributed by atoms with Gasteiger partial charge in [0.1, 0.15) is 12.4 Å². The fourth-order valence-corrected chi connectivity index (χ4v) is 1.51. The first-order valence-electron chi connectivity index (χ1n) is 4.31. The monoisotopic (exact) mass is 273 g/mol. The molecule has 0 saturated heterocycles. The number of aliphatic hydroxyl groups is 1. The van der Waals surface area contributed by atoms with Crippen LogP contribution in [0.15, 0.2) is 22.7 Å². The summed E-state index contributed by atoms with van der Waals surface area (Å²) in [5, 5.41) is 8.76. The first-order valence-corrected chi connectivity index (χ1v) is 5.10. The van der Waals surface area contributed by atoms with Crippen molar-refractivity contribution in [2.45, 2.75) is 0 Å². The third-order valence-electron chi connectivity index (χ3n) is 2.01. The molecule has 82 valence electrons. The maximum atomic E-state index is 11.3. The molecule has 1 rings (SSSR count). The third kappa shape index (κ3) is 2.70. The SMILES string of the molecule is COc1ccc(Br)cc1N(C)C(=O)CO. The van der Waals surface area contributed by atoms with Gasteiger partial charge in [-0.15, -0.1) is 0 Å². The van der Waals surface area contributed by atoms with E-state index in [-0.39, 0.29) is 5.91 Å². The minimum atomic E-state index is -0.522. The van der Waals surface area contributed by atoms with Gasteiger partial charge in [0, 0.05) is 11.5 Å². The van der Waals surface area contributed by atoms with Gasteiger partial charge in [-0.05, 0) is 18.2 Å². The fourth-order valence-electron chi connectivity index (χ4n) is 1.17. The summed E-state index contributed by atoms with van der Waals surface area (Å²) in [6.07, 6.45) is 0. The van der Waals surface area contributed by atoms with E-state index in [2.05, 4.69) is 15.9 Å². The molecule has 0 aromatic heterocycles. The second-order valence-corrected chi connectivity index (χ2v) is 3.84. The number of likely N-dealkylation sites (N-methyl/N-ethyl adjacent to an activating group) is 1. The summed E-state index contributed by atoms with van der Waals surface area (Å²) in [6.45, 7) is -0.522. The van der Waals surface area contributed by atoms with Crippen LogP contribution in [0.4, 0.5) is 5.69 Å². The van der Waals surface area contributed by atoms with E-state index in [1.165, 1.54) is 12.0 Å². The molecular formula is C10H12BrNO3. The number of carbonyl (C=O) groups is 1. The highest BCUT2D eigenvalue weighted by molar-refractivity contribution is 9.10. The number of amides is 1. The minimum Gasteiger partial charge on any atom is -0.495 e. The predicted octanol–water partition coefficient (Wildman–Crippen LogP) is 1.41. The van der Waals surface area contributed by atoms with E-state index in [4.69, 9.17) is 9.84 Å². The van der Waals surface area contributed by atoms with Gasteiger partial charge in [0.05, 0.1) is 12.8 Å². The second kappa shape index (κ2) is 5.14. The summed E-state index contributed by atoms with van der Waals surface area (Å²) in [5.41, 5.74) is 0.617. The van der Waals surface area contributed by atoms with Crippen LogP contribution in [0.3, 0.4) is 0 Å². The van der Waals surface area contributed by atoms with Crippen LogP contribution in [0.1, 0.15) is 0 Å². The van der Waals surface area contributed by atoms with Gasteiger partial charge < -0.3 is 14.7 Å². The lowest BCUT2D eigenvalue weighted by Gasteiger charge is -2.19. The quantitative estimate of drug-likeness (QED) is 0.906. The number of carbonyl (C=O) groups excluding carboxylic acids is 1. The Bertz CT molecular complexity index is 368. The van der Waals surface area contributed by atoms with E-state index < -0.39 is 6.61 Å². The van der Waals surface area contributed by atoms with E-state index in [1.54, 1.807) is 19.2 Å². The largest absolute Gasteiger partial charge is 0.495 e. The molecule has 0 aliphatic heterocycles. The van der Waals surface area contributed by atoms with Crippen LogP contribution in [0, 0.1) is 0 Å². The Labute approximate surface area is 96.6 Å². The Morgan fingerprint density at radius 1 is 1.60 bits per heavy atom. The summed E-state index contributed by atoms with van der Waals surface area (Å²) in [4.78, 5) is 12.6. The number of hydrogen-bond acceptors (Lipinski definition) is 3. The van der Waals surface area contributed by atoms with Crippen LogP contribution in [0.2, 0.25) is 0 Å². The molecule has 0 atom stereocenters. The molecule has 0 heterocycles. The van der Waals surface area contributed by atoms with Crippen LogP contribution in [0.5, 0.6) is 5.75 Å². The third-order valence-corrected chi connectivity index (χ3v) is 2.50. The first-order chi connectivity index (χ1) is 7.10. The number of methoxy groups -OCH3 is 1. The average molecular weight is 274 g/mol. The van der Waals surface area contributed by atoms with Crippen molar-refractivity contribution < 1.29 is 14.6 Å². The molecule has 0 aliphatic carbocycles. The highest BCUT2D eigenvalue weighted by Crippen LogP contribution is 2.30. The molecular weight excluding hydrogens is 262 g/mol. The van der Waals surface area contributed by atoms with Crippen molar-refractivity contribution in [3.8, 4) is 5.75 Å².